The number of furan rings is 1. The molecule has 0 aliphatic carbocycles. The van der Waals surface area contributed by atoms with Crippen molar-refractivity contribution in [1.82, 2.24) is 0 Å². The van der Waals surface area contributed by atoms with E-state index in [4.69, 9.17) is 4.42 Å². The average molecular weight is 511 g/mol. The highest BCUT2D eigenvalue weighted by molar-refractivity contribution is 6.13. The monoisotopic (exact) mass is 510 g/mol. The molecule has 0 saturated carbocycles. The zero-order valence-electron chi connectivity index (χ0n) is 22.5. The largest absolute Gasteiger partial charge is 0.454 e. The number of pyridine rings is 1. The van der Waals surface area contributed by atoms with Gasteiger partial charge in [-0.1, -0.05) is 62.4 Å². The lowest BCUT2D eigenvalue weighted by atomic mass is 9.95. The van der Waals surface area contributed by atoms with Crippen LogP contribution in [0.25, 0.3) is 65.9 Å². The Bertz CT molecular complexity index is 2080. The van der Waals surface area contributed by atoms with Gasteiger partial charge in [-0.3, -0.25) is 0 Å². The highest BCUT2D eigenvalue weighted by Crippen LogP contribution is 2.42. The van der Waals surface area contributed by atoms with Crippen LogP contribution in [-0.2, 0) is 7.05 Å². The standard InChI is InChI=1S/C36H29FNO/c1-21(2)23-15-16-38(4)32(20-23)33-22(3)9-12-29-30-13-14-31(37)34(36(30)39-35(29)33)27-11-10-26-17-24-7-5-6-8-25(24)18-28(26)19-27/h5-21H,1-4H3/q+1. The van der Waals surface area contributed by atoms with Gasteiger partial charge in [-0.2, -0.15) is 0 Å². The van der Waals surface area contributed by atoms with Crippen molar-refractivity contribution in [2.24, 2.45) is 7.05 Å². The Labute approximate surface area is 226 Å². The number of aryl methyl sites for hydroxylation is 2. The molecule has 0 aliphatic heterocycles. The van der Waals surface area contributed by atoms with E-state index in [0.717, 1.165) is 49.5 Å². The summed E-state index contributed by atoms with van der Waals surface area (Å²) in [6, 6.07) is 30.9. The highest BCUT2D eigenvalue weighted by Gasteiger charge is 2.24. The van der Waals surface area contributed by atoms with Crippen LogP contribution in [0.15, 0.2) is 102 Å². The maximum Gasteiger partial charge on any atom is 0.216 e. The van der Waals surface area contributed by atoms with Crippen molar-refractivity contribution in [2.75, 3.05) is 0 Å². The van der Waals surface area contributed by atoms with Gasteiger partial charge >= 0.3 is 0 Å². The van der Waals surface area contributed by atoms with E-state index in [1.807, 2.05) is 18.2 Å². The molecule has 39 heavy (non-hydrogen) atoms. The highest BCUT2D eigenvalue weighted by atomic mass is 19.1. The zero-order chi connectivity index (χ0) is 26.8. The molecule has 7 aromatic rings. The number of rotatable bonds is 3. The average Bonchev–Trinajstić information content (AvgIpc) is 3.30. The first-order valence-corrected chi connectivity index (χ1v) is 13.5. The van der Waals surface area contributed by atoms with Crippen LogP contribution >= 0.6 is 0 Å². The van der Waals surface area contributed by atoms with Crippen molar-refractivity contribution in [3.63, 3.8) is 0 Å². The number of hydrogen-bond acceptors (Lipinski definition) is 1. The van der Waals surface area contributed by atoms with E-state index in [1.165, 1.54) is 16.3 Å². The molecule has 0 bridgehead atoms. The summed E-state index contributed by atoms with van der Waals surface area (Å²) >= 11 is 0. The Morgan fingerprint density at radius 1 is 0.692 bits per heavy atom. The molecule has 7 rings (SSSR count). The SMILES string of the molecule is Cc1ccc2c(oc3c(-c4ccc5cc6ccccc6cc5c4)c(F)ccc32)c1-c1cc(C(C)C)cc[n+]1C. The van der Waals surface area contributed by atoms with Gasteiger partial charge in [0.05, 0.1) is 11.1 Å². The van der Waals surface area contributed by atoms with E-state index in [2.05, 4.69) is 105 Å². The molecule has 3 heteroatoms. The minimum Gasteiger partial charge on any atom is -0.454 e. The molecule has 0 spiro atoms. The number of benzene rings is 5. The summed E-state index contributed by atoms with van der Waals surface area (Å²) < 4.78 is 24.4. The summed E-state index contributed by atoms with van der Waals surface area (Å²) in [5.74, 6) is 0.123. The Morgan fingerprint density at radius 2 is 1.36 bits per heavy atom. The summed E-state index contributed by atoms with van der Waals surface area (Å²) in [4.78, 5) is 0. The molecule has 0 atom stereocenters. The molecular formula is C36H29FNO+. The van der Waals surface area contributed by atoms with E-state index in [9.17, 15) is 0 Å². The number of hydrogen-bond donors (Lipinski definition) is 0. The van der Waals surface area contributed by atoms with Gasteiger partial charge in [0.15, 0.2) is 6.20 Å². The maximum absolute atomic E-state index is 15.6. The first-order valence-electron chi connectivity index (χ1n) is 13.5. The molecule has 0 amide bonds. The second kappa shape index (κ2) is 8.78. The second-order valence-corrected chi connectivity index (χ2v) is 10.9. The zero-order valence-corrected chi connectivity index (χ0v) is 22.5. The second-order valence-electron chi connectivity index (χ2n) is 10.9. The molecule has 0 aliphatic rings. The summed E-state index contributed by atoms with van der Waals surface area (Å²) in [6.45, 7) is 6.52. The van der Waals surface area contributed by atoms with E-state index in [0.29, 0.717) is 17.1 Å². The van der Waals surface area contributed by atoms with Gasteiger partial charge in [0.1, 0.15) is 24.0 Å². The summed E-state index contributed by atoms with van der Waals surface area (Å²) in [5, 5.41) is 6.48. The number of fused-ring (bicyclic) bond motifs is 5. The minimum atomic E-state index is -0.285. The molecule has 0 N–H and O–H groups in total. The Kier molecular flexibility index (Phi) is 5.31. The van der Waals surface area contributed by atoms with Crippen molar-refractivity contribution < 1.29 is 13.4 Å². The van der Waals surface area contributed by atoms with Gasteiger partial charge < -0.3 is 4.42 Å². The fourth-order valence-electron chi connectivity index (χ4n) is 5.85. The lowest BCUT2D eigenvalue weighted by Crippen LogP contribution is -2.31. The topological polar surface area (TPSA) is 17.0 Å². The quantitative estimate of drug-likeness (QED) is 0.171. The predicted octanol–water partition coefficient (Wildman–Crippen LogP) is 9.62. The first-order chi connectivity index (χ1) is 18.9. The fraction of sp³-hybridized carbons (Fsp3) is 0.139. The molecule has 190 valence electrons. The lowest BCUT2D eigenvalue weighted by Gasteiger charge is -2.09. The van der Waals surface area contributed by atoms with Gasteiger partial charge in [-0.15, -0.1) is 0 Å². The van der Waals surface area contributed by atoms with Gasteiger partial charge in [-0.25, -0.2) is 8.96 Å². The van der Waals surface area contributed by atoms with Gasteiger partial charge in [-0.05, 0) is 81.4 Å². The van der Waals surface area contributed by atoms with Crippen LogP contribution in [0.1, 0.15) is 30.9 Å². The first kappa shape index (κ1) is 23.6. The number of aromatic nitrogens is 1. The normalized spacial score (nSPS) is 11.9. The van der Waals surface area contributed by atoms with E-state index in [1.54, 1.807) is 6.07 Å². The summed E-state index contributed by atoms with van der Waals surface area (Å²) in [5.41, 5.74) is 7.21. The predicted molar refractivity (Wildman–Crippen MR) is 160 cm³/mol. The Hall–Kier alpha value is -4.50. The van der Waals surface area contributed by atoms with Crippen molar-refractivity contribution in [3.05, 3.63) is 114 Å². The molecule has 2 aromatic heterocycles. The van der Waals surface area contributed by atoms with Gasteiger partial charge in [0, 0.05) is 22.9 Å². The maximum atomic E-state index is 15.6. The van der Waals surface area contributed by atoms with Crippen LogP contribution in [0.4, 0.5) is 4.39 Å². The third-order valence-corrected chi connectivity index (χ3v) is 8.06. The van der Waals surface area contributed by atoms with E-state index < -0.39 is 0 Å². The lowest BCUT2D eigenvalue weighted by molar-refractivity contribution is -0.660. The molecular weight excluding hydrogens is 481 g/mol. The van der Waals surface area contributed by atoms with Crippen molar-refractivity contribution in [2.45, 2.75) is 26.7 Å². The van der Waals surface area contributed by atoms with E-state index in [-0.39, 0.29) is 5.82 Å². The summed E-state index contributed by atoms with van der Waals surface area (Å²) in [7, 11) is 2.06. The molecule has 0 saturated heterocycles. The van der Waals surface area contributed by atoms with Crippen molar-refractivity contribution >= 4 is 43.5 Å². The van der Waals surface area contributed by atoms with Crippen LogP contribution < -0.4 is 4.57 Å². The third-order valence-electron chi connectivity index (χ3n) is 8.06. The molecule has 0 radical (unpaired) electrons. The van der Waals surface area contributed by atoms with Crippen LogP contribution in [0, 0.1) is 12.7 Å². The van der Waals surface area contributed by atoms with Crippen LogP contribution in [0.5, 0.6) is 0 Å². The fourth-order valence-corrected chi connectivity index (χ4v) is 5.85. The Morgan fingerprint density at radius 3 is 2.10 bits per heavy atom. The van der Waals surface area contributed by atoms with Crippen LogP contribution in [0.2, 0.25) is 0 Å². The van der Waals surface area contributed by atoms with Crippen LogP contribution in [0.3, 0.4) is 0 Å². The van der Waals surface area contributed by atoms with E-state index >= 15 is 4.39 Å². The molecule has 2 heterocycles. The number of halogens is 1. The van der Waals surface area contributed by atoms with Gasteiger partial charge in [0.25, 0.3) is 0 Å². The minimum absolute atomic E-state index is 0.285. The van der Waals surface area contributed by atoms with Crippen LogP contribution in [-0.4, -0.2) is 0 Å². The van der Waals surface area contributed by atoms with Crippen molar-refractivity contribution in [1.29, 1.82) is 0 Å². The number of nitrogens with zero attached hydrogens (tertiary/aromatic N) is 1. The molecule has 0 unspecified atom stereocenters. The third kappa shape index (κ3) is 3.72. The Balaban J connectivity index is 1.50. The van der Waals surface area contributed by atoms with Gasteiger partial charge in [0.2, 0.25) is 5.69 Å². The smallest absolute Gasteiger partial charge is 0.216 e. The summed E-state index contributed by atoms with van der Waals surface area (Å²) in [6.07, 6.45) is 2.11. The molecule has 0 fully saturated rings. The molecule has 2 nitrogen and oxygen atoms in total. The molecule has 5 aromatic carbocycles. The van der Waals surface area contributed by atoms with Crippen molar-refractivity contribution in [3.8, 4) is 22.4 Å².